The van der Waals surface area contributed by atoms with Gasteiger partial charge in [0.15, 0.2) is 0 Å². The molecule has 0 aliphatic rings. The van der Waals surface area contributed by atoms with Crippen molar-refractivity contribution < 1.29 is 9.53 Å². The Morgan fingerprint density at radius 1 is 1.36 bits per heavy atom. The zero-order valence-corrected chi connectivity index (χ0v) is 14.0. The number of rotatable bonds is 4. The lowest BCUT2D eigenvalue weighted by atomic mass is 10.0. The number of aromatic nitrogens is 1. The summed E-state index contributed by atoms with van der Waals surface area (Å²) in [6, 6.07) is 8.52. The molecule has 1 aromatic heterocycles. The minimum Gasteiger partial charge on any atom is -0.468 e. The number of aryl methyl sites for hydroxylation is 1. The average molecular weight is 365 g/mol. The molecular weight excluding hydrogens is 348 g/mol. The number of methoxy groups -OCH3 is 1. The molecule has 6 heteroatoms. The van der Waals surface area contributed by atoms with E-state index in [1.54, 1.807) is 19.3 Å². The third-order valence-electron chi connectivity index (χ3n) is 3.37. The molecule has 1 aromatic carbocycles. The summed E-state index contributed by atoms with van der Waals surface area (Å²) in [5.74, 6) is -0.440. The second-order valence-electron chi connectivity index (χ2n) is 5.02. The average Bonchev–Trinajstić information content (AvgIpc) is 2.50. The molecule has 0 aliphatic carbocycles. The van der Waals surface area contributed by atoms with Crippen LogP contribution in [0.25, 0.3) is 11.1 Å². The van der Waals surface area contributed by atoms with Gasteiger partial charge in [0.2, 0.25) is 0 Å². The maximum Gasteiger partial charge on any atom is 0.322 e. The van der Waals surface area contributed by atoms with Crippen molar-refractivity contribution in [2.75, 3.05) is 7.11 Å². The molecule has 116 valence electrons. The lowest BCUT2D eigenvalue weighted by Gasteiger charge is -2.10. The lowest BCUT2D eigenvalue weighted by Crippen LogP contribution is -2.33. The number of ether oxygens (including phenoxy) is 1. The van der Waals surface area contributed by atoms with Crippen LogP contribution in [-0.4, -0.2) is 23.7 Å². The van der Waals surface area contributed by atoms with E-state index in [2.05, 4.69) is 20.7 Å². The quantitative estimate of drug-likeness (QED) is 0.840. The van der Waals surface area contributed by atoms with Crippen molar-refractivity contribution >= 4 is 21.9 Å². The molecule has 0 amide bonds. The predicted octanol–water partition coefficient (Wildman–Crippen LogP) is 1.86. The molecule has 2 N–H and O–H groups in total. The van der Waals surface area contributed by atoms with Crippen LogP contribution in [0.5, 0.6) is 0 Å². The van der Waals surface area contributed by atoms with Crippen molar-refractivity contribution in [3.63, 3.8) is 0 Å². The number of benzene rings is 1. The van der Waals surface area contributed by atoms with Gasteiger partial charge in [0.05, 0.1) is 7.11 Å². The van der Waals surface area contributed by atoms with Gasteiger partial charge in [-0.3, -0.25) is 9.59 Å². The highest BCUT2D eigenvalue weighted by Gasteiger charge is 2.14. The second-order valence-corrected chi connectivity index (χ2v) is 5.93. The second kappa shape index (κ2) is 6.89. The number of carbonyl (C=O) groups is 1. The standard InChI is InChI=1S/C16H17BrN2O3/c1-19-9-12(17)8-13(15(19)20)11-5-3-10(4-6-11)7-14(18)16(21)22-2/h3-6,8-9,14H,7,18H2,1-2H3/t14-/m0/s1. The van der Waals surface area contributed by atoms with Crippen LogP contribution in [0.15, 0.2) is 45.8 Å². The first-order valence-corrected chi connectivity index (χ1v) is 7.50. The Hall–Kier alpha value is -1.92. The normalized spacial score (nSPS) is 12.0. The molecule has 1 atom stereocenters. The van der Waals surface area contributed by atoms with Gasteiger partial charge in [0, 0.05) is 23.3 Å². The topological polar surface area (TPSA) is 74.3 Å². The maximum absolute atomic E-state index is 12.2. The molecule has 2 aromatic rings. The Labute approximate surface area is 136 Å². The van der Waals surface area contributed by atoms with E-state index in [4.69, 9.17) is 5.73 Å². The van der Waals surface area contributed by atoms with E-state index in [9.17, 15) is 9.59 Å². The number of nitrogens with two attached hydrogens (primary N) is 1. The number of hydrogen-bond acceptors (Lipinski definition) is 4. The molecule has 2 rings (SSSR count). The van der Waals surface area contributed by atoms with Crippen LogP contribution >= 0.6 is 15.9 Å². The van der Waals surface area contributed by atoms with E-state index in [0.29, 0.717) is 12.0 Å². The molecular formula is C16H17BrN2O3. The van der Waals surface area contributed by atoms with Gasteiger partial charge in [0.1, 0.15) is 6.04 Å². The van der Waals surface area contributed by atoms with Crippen LogP contribution in [0.3, 0.4) is 0 Å². The molecule has 22 heavy (non-hydrogen) atoms. The summed E-state index contributed by atoms with van der Waals surface area (Å²) in [6.07, 6.45) is 2.11. The monoisotopic (exact) mass is 364 g/mol. The largest absolute Gasteiger partial charge is 0.468 e. The predicted molar refractivity (Wildman–Crippen MR) is 88.5 cm³/mol. The Morgan fingerprint density at radius 3 is 2.59 bits per heavy atom. The summed E-state index contributed by atoms with van der Waals surface area (Å²) in [6.45, 7) is 0. The van der Waals surface area contributed by atoms with Gasteiger partial charge >= 0.3 is 5.97 Å². The smallest absolute Gasteiger partial charge is 0.322 e. The summed E-state index contributed by atoms with van der Waals surface area (Å²) in [7, 11) is 3.02. The maximum atomic E-state index is 12.2. The molecule has 5 nitrogen and oxygen atoms in total. The Morgan fingerprint density at radius 2 is 2.00 bits per heavy atom. The number of halogens is 1. The van der Waals surface area contributed by atoms with E-state index >= 15 is 0 Å². The Kier molecular flexibility index (Phi) is 5.15. The zero-order valence-electron chi connectivity index (χ0n) is 12.4. The highest BCUT2D eigenvalue weighted by atomic mass is 79.9. The van der Waals surface area contributed by atoms with E-state index < -0.39 is 12.0 Å². The van der Waals surface area contributed by atoms with Gasteiger partial charge < -0.3 is 15.0 Å². The summed E-state index contributed by atoms with van der Waals surface area (Å²) < 4.78 is 6.97. The van der Waals surface area contributed by atoms with Crippen molar-refractivity contribution in [3.05, 3.63) is 56.9 Å². The SMILES string of the molecule is COC(=O)[C@@H](N)Cc1ccc(-c2cc(Br)cn(C)c2=O)cc1. The number of nitrogens with zero attached hydrogens (tertiary/aromatic N) is 1. The lowest BCUT2D eigenvalue weighted by molar-refractivity contribution is -0.142. The minimum atomic E-state index is -0.686. The van der Waals surface area contributed by atoms with Gasteiger partial charge in [-0.05, 0) is 39.5 Å². The third kappa shape index (κ3) is 3.64. The molecule has 0 saturated heterocycles. The van der Waals surface area contributed by atoms with Gasteiger partial charge in [-0.1, -0.05) is 24.3 Å². The van der Waals surface area contributed by atoms with Crippen molar-refractivity contribution in [2.24, 2.45) is 12.8 Å². The summed E-state index contributed by atoms with van der Waals surface area (Å²) >= 11 is 3.39. The third-order valence-corrected chi connectivity index (χ3v) is 3.81. The van der Waals surface area contributed by atoms with Crippen LogP contribution < -0.4 is 11.3 Å². The van der Waals surface area contributed by atoms with Gasteiger partial charge in [-0.2, -0.15) is 0 Å². The van der Waals surface area contributed by atoms with Gasteiger partial charge in [0.25, 0.3) is 5.56 Å². The number of hydrogen-bond donors (Lipinski definition) is 1. The van der Waals surface area contributed by atoms with Crippen molar-refractivity contribution in [1.29, 1.82) is 0 Å². The molecule has 0 bridgehead atoms. The van der Waals surface area contributed by atoms with Crippen molar-refractivity contribution in [3.8, 4) is 11.1 Å². The fourth-order valence-corrected chi connectivity index (χ4v) is 2.72. The van der Waals surface area contributed by atoms with E-state index in [0.717, 1.165) is 15.6 Å². The molecule has 0 saturated carbocycles. The van der Waals surface area contributed by atoms with Gasteiger partial charge in [-0.15, -0.1) is 0 Å². The van der Waals surface area contributed by atoms with Crippen LogP contribution in [0.4, 0.5) is 0 Å². The Balaban J connectivity index is 2.26. The van der Waals surface area contributed by atoms with E-state index in [1.807, 2.05) is 24.3 Å². The fraction of sp³-hybridized carbons (Fsp3) is 0.250. The molecule has 1 heterocycles. The van der Waals surface area contributed by atoms with Crippen LogP contribution in [0, 0.1) is 0 Å². The summed E-state index contributed by atoms with van der Waals surface area (Å²) in [4.78, 5) is 23.5. The van der Waals surface area contributed by atoms with Crippen molar-refractivity contribution in [2.45, 2.75) is 12.5 Å². The zero-order chi connectivity index (χ0) is 16.3. The summed E-state index contributed by atoms with van der Waals surface area (Å²) in [5.41, 5.74) is 8.01. The number of esters is 1. The molecule has 0 aliphatic heterocycles. The van der Waals surface area contributed by atoms with E-state index in [1.165, 1.54) is 11.7 Å². The molecule has 0 unspecified atom stereocenters. The minimum absolute atomic E-state index is 0.0674. The summed E-state index contributed by atoms with van der Waals surface area (Å²) in [5, 5.41) is 0. The van der Waals surface area contributed by atoms with Crippen LogP contribution in [-0.2, 0) is 23.0 Å². The van der Waals surface area contributed by atoms with Crippen molar-refractivity contribution in [1.82, 2.24) is 4.57 Å². The molecule has 0 fully saturated rings. The number of carbonyl (C=O) groups excluding carboxylic acids is 1. The van der Waals surface area contributed by atoms with Crippen LogP contribution in [0.1, 0.15) is 5.56 Å². The molecule has 0 spiro atoms. The molecule has 0 radical (unpaired) electrons. The Bertz CT molecular complexity index is 738. The van der Waals surface area contributed by atoms with Gasteiger partial charge in [-0.25, -0.2) is 0 Å². The van der Waals surface area contributed by atoms with Crippen LogP contribution in [0.2, 0.25) is 0 Å². The first kappa shape index (κ1) is 16.5. The first-order valence-electron chi connectivity index (χ1n) is 6.71. The highest BCUT2D eigenvalue weighted by molar-refractivity contribution is 9.10. The number of pyridine rings is 1. The fourth-order valence-electron chi connectivity index (χ4n) is 2.19. The van der Waals surface area contributed by atoms with E-state index in [-0.39, 0.29) is 5.56 Å². The highest BCUT2D eigenvalue weighted by Crippen LogP contribution is 2.20. The first-order chi connectivity index (χ1) is 10.4.